The summed E-state index contributed by atoms with van der Waals surface area (Å²) >= 11 is 0. The van der Waals surface area contributed by atoms with Gasteiger partial charge in [0, 0.05) is 31.4 Å². The number of benzene rings is 2. The molecule has 1 N–H and O–H groups in total. The van der Waals surface area contributed by atoms with Crippen molar-refractivity contribution in [2.45, 2.75) is 45.7 Å². The Morgan fingerprint density at radius 3 is 2.30 bits per heavy atom. The highest BCUT2D eigenvalue weighted by Gasteiger charge is 2.19. The highest BCUT2D eigenvalue weighted by molar-refractivity contribution is 5.45. The number of likely N-dealkylation sites (tertiary alicyclic amines) is 1. The van der Waals surface area contributed by atoms with Crippen molar-refractivity contribution in [3.05, 3.63) is 53.6 Å². The first kappa shape index (κ1) is 19.6. The number of ether oxygens (including phenoxy) is 2. The normalized spacial score (nSPS) is 15.5. The molecule has 1 fully saturated rings. The maximum Gasteiger partial charge on any atom is 0.161 e. The Kier molecular flexibility index (Phi) is 6.99. The summed E-state index contributed by atoms with van der Waals surface area (Å²) in [5.41, 5.74) is 3.91. The summed E-state index contributed by atoms with van der Waals surface area (Å²) in [6, 6.07) is 15.7. The lowest BCUT2D eigenvalue weighted by molar-refractivity contribution is 0.211. The van der Waals surface area contributed by atoms with Gasteiger partial charge in [0.15, 0.2) is 11.5 Å². The zero-order chi connectivity index (χ0) is 19.1. The van der Waals surface area contributed by atoms with Crippen LogP contribution >= 0.6 is 0 Å². The maximum atomic E-state index is 5.70. The molecule has 4 nitrogen and oxygen atoms in total. The van der Waals surface area contributed by atoms with Gasteiger partial charge in [-0.3, -0.25) is 4.90 Å². The quantitative estimate of drug-likeness (QED) is 0.730. The minimum absolute atomic E-state index is 0.559. The molecule has 1 heterocycles. The van der Waals surface area contributed by atoms with Crippen LogP contribution in [-0.4, -0.2) is 37.7 Å². The fraction of sp³-hybridized carbons (Fsp3) is 0.478. The van der Waals surface area contributed by atoms with E-state index in [1.54, 1.807) is 7.11 Å². The van der Waals surface area contributed by atoms with E-state index in [2.05, 4.69) is 53.5 Å². The van der Waals surface area contributed by atoms with Gasteiger partial charge < -0.3 is 14.8 Å². The lowest BCUT2D eigenvalue weighted by atomic mass is 10.0. The molecule has 1 aliphatic rings. The minimum Gasteiger partial charge on any atom is -0.493 e. The zero-order valence-corrected chi connectivity index (χ0v) is 16.8. The maximum absolute atomic E-state index is 5.70. The Bertz CT molecular complexity index is 707. The molecule has 0 atom stereocenters. The smallest absolute Gasteiger partial charge is 0.161 e. The van der Waals surface area contributed by atoms with Gasteiger partial charge in [-0.05, 0) is 61.6 Å². The molecular weight excluding hydrogens is 336 g/mol. The standard InChI is InChI=1S/C23H32N2O2/c1-4-18-6-9-20(10-7-18)24-21-12-14-25(15-13-21)17-19-8-11-22(26-3)23(16-19)27-5-2/h6-11,16,21,24H,4-5,12-15,17H2,1-3H3. The monoisotopic (exact) mass is 368 g/mol. The van der Waals surface area contributed by atoms with Crippen LogP contribution in [-0.2, 0) is 13.0 Å². The Balaban J connectivity index is 1.51. The van der Waals surface area contributed by atoms with Gasteiger partial charge in [-0.2, -0.15) is 0 Å². The van der Waals surface area contributed by atoms with Crippen LogP contribution in [0.5, 0.6) is 11.5 Å². The summed E-state index contributed by atoms with van der Waals surface area (Å²) < 4.78 is 11.1. The molecule has 146 valence electrons. The van der Waals surface area contributed by atoms with E-state index in [1.165, 1.54) is 29.7 Å². The molecule has 0 amide bonds. The summed E-state index contributed by atoms with van der Waals surface area (Å²) in [4.78, 5) is 2.52. The predicted molar refractivity (Wildman–Crippen MR) is 112 cm³/mol. The molecule has 0 bridgehead atoms. The molecule has 0 saturated carbocycles. The van der Waals surface area contributed by atoms with Crippen LogP contribution in [0.2, 0.25) is 0 Å². The predicted octanol–water partition coefficient (Wildman–Crippen LogP) is 4.73. The molecule has 1 aliphatic heterocycles. The van der Waals surface area contributed by atoms with E-state index in [1.807, 2.05) is 13.0 Å². The van der Waals surface area contributed by atoms with E-state index < -0.39 is 0 Å². The lowest BCUT2D eigenvalue weighted by Crippen LogP contribution is -2.38. The van der Waals surface area contributed by atoms with Crippen molar-refractivity contribution >= 4 is 5.69 Å². The van der Waals surface area contributed by atoms with E-state index in [-0.39, 0.29) is 0 Å². The highest BCUT2D eigenvalue weighted by atomic mass is 16.5. The highest BCUT2D eigenvalue weighted by Crippen LogP contribution is 2.29. The number of nitrogens with one attached hydrogen (secondary N) is 1. The molecule has 2 aromatic carbocycles. The molecule has 0 aromatic heterocycles. The van der Waals surface area contributed by atoms with E-state index in [9.17, 15) is 0 Å². The first-order chi connectivity index (χ1) is 13.2. The van der Waals surface area contributed by atoms with Gasteiger partial charge in [-0.25, -0.2) is 0 Å². The van der Waals surface area contributed by atoms with Gasteiger partial charge in [-0.1, -0.05) is 25.1 Å². The number of rotatable bonds is 8. The SMILES string of the molecule is CCOc1cc(CN2CCC(Nc3ccc(CC)cc3)CC2)ccc1OC. The van der Waals surface area contributed by atoms with Gasteiger partial charge in [0.1, 0.15) is 0 Å². The average molecular weight is 369 g/mol. The van der Waals surface area contributed by atoms with E-state index in [0.717, 1.165) is 37.6 Å². The molecular formula is C23H32N2O2. The van der Waals surface area contributed by atoms with Gasteiger partial charge in [0.2, 0.25) is 0 Å². The molecule has 27 heavy (non-hydrogen) atoms. The molecule has 0 aliphatic carbocycles. The van der Waals surface area contributed by atoms with Gasteiger partial charge in [0.25, 0.3) is 0 Å². The second kappa shape index (κ2) is 9.65. The summed E-state index contributed by atoms with van der Waals surface area (Å²) in [5.74, 6) is 1.64. The van der Waals surface area contributed by atoms with Crippen molar-refractivity contribution in [1.82, 2.24) is 4.90 Å². The van der Waals surface area contributed by atoms with Gasteiger partial charge in [0.05, 0.1) is 13.7 Å². The molecule has 0 unspecified atom stereocenters. The van der Waals surface area contributed by atoms with Crippen molar-refractivity contribution in [3.63, 3.8) is 0 Å². The largest absolute Gasteiger partial charge is 0.493 e. The zero-order valence-electron chi connectivity index (χ0n) is 16.8. The average Bonchev–Trinajstić information content (AvgIpc) is 2.71. The molecule has 4 heteroatoms. The third-order valence-electron chi connectivity index (χ3n) is 5.25. The number of hydrogen-bond donors (Lipinski definition) is 1. The first-order valence-corrected chi connectivity index (χ1v) is 10.1. The number of piperidine rings is 1. The van der Waals surface area contributed by atoms with Crippen LogP contribution in [0.1, 0.15) is 37.8 Å². The van der Waals surface area contributed by atoms with Crippen LogP contribution in [0.3, 0.4) is 0 Å². The lowest BCUT2D eigenvalue weighted by Gasteiger charge is -2.33. The van der Waals surface area contributed by atoms with Crippen molar-refractivity contribution < 1.29 is 9.47 Å². The van der Waals surface area contributed by atoms with Crippen LogP contribution in [0.25, 0.3) is 0 Å². The van der Waals surface area contributed by atoms with Crippen molar-refractivity contribution in [3.8, 4) is 11.5 Å². The fourth-order valence-corrected chi connectivity index (χ4v) is 3.65. The van der Waals surface area contributed by atoms with Crippen molar-refractivity contribution in [2.75, 3.05) is 32.1 Å². The van der Waals surface area contributed by atoms with Crippen molar-refractivity contribution in [2.24, 2.45) is 0 Å². The Morgan fingerprint density at radius 2 is 1.67 bits per heavy atom. The summed E-state index contributed by atoms with van der Waals surface area (Å²) in [6.45, 7) is 8.03. The topological polar surface area (TPSA) is 33.7 Å². The van der Waals surface area contributed by atoms with Gasteiger partial charge in [-0.15, -0.1) is 0 Å². The van der Waals surface area contributed by atoms with E-state index >= 15 is 0 Å². The molecule has 3 rings (SSSR count). The number of aryl methyl sites for hydroxylation is 1. The van der Waals surface area contributed by atoms with Crippen LogP contribution in [0, 0.1) is 0 Å². The summed E-state index contributed by atoms with van der Waals surface area (Å²) in [7, 11) is 1.69. The molecule has 2 aromatic rings. The first-order valence-electron chi connectivity index (χ1n) is 10.1. The fourth-order valence-electron chi connectivity index (χ4n) is 3.65. The summed E-state index contributed by atoms with van der Waals surface area (Å²) in [6.07, 6.45) is 3.43. The Labute approximate surface area is 163 Å². The summed E-state index contributed by atoms with van der Waals surface area (Å²) in [5, 5.41) is 3.69. The molecule has 1 saturated heterocycles. The Hall–Kier alpha value is -2.20. The van der Waals surface area contributed by atoms with Crippen LogP contribution < -0.4 is 14.8 Å². The Morgan fingerprint density at radius 1 is 0.963 bits per heavy atom. The number of anilines is 1. The third kappa shape index (κ3) is 5.39. The van der Waals surface area contributed by atoms with Gasteiger partial charge >= 0.3 is 0 Å². The number of hydrogen-bond acceptors (Lipinski definition) is 4. The second-order valence-corrected chi connectivity index (χ2v) is 7.16. The minimum atomic E-state index is 0.559. The van der Waals surface area contributed by atoms with Crippen molar-refractivity contribution in [1.29, 1.82) is 0 Å². The van der Waals surface area contributed by atoms with Crippen LogP contribution in [0.4, 0.5) is 5.69 Å². The molecule has 0 spiro atoms. The molecule has 0 radical (unpaired) electrons. The third-order valence-corrected chi connectivity index (χ3v) is 5.25. The van der Waals surface area contributed by atoms with Crippen LogP contribution in [0.15, 0.2) is 42.5 Å². The van der Waals surface area contributed by atoms with E-state index in [0.29, 0.717) is 12.6 Å². The second-order valence-electron chi connectivity index (χ2n) is 7.16. The number of nitrogens with zero attached hydrogens (tertiary/aromatic N) is 1. The number of methoxy groups -OCH3 is 1. The van der Waals surface area contributed by atoms with E-state index in [4.69, 9.17) is 9.47 Å².